The molecule has 1 heterocycles. The van der Waals surface area contributed by atoms with Gasteiger partial charge in [0, 0.05) is 25.5 Å². The van der Waals surface area contributed by atoms with Crippen molar-refractivity contribution in [3.63, 3.8) is 0 Å². The van der Waals surface area contributed by atoms with Crippen LogP contribution < -0.4 is 5.32 Å². The summed E-state index contributed by atoms with van der Waals surface area (Å²) < 4.78 is 1.93. The molecule has 18 heavy (non-hydrogen) atoms. The summed E-state index contributed by atoms with van der Waals surface area (Å²) in [5, 5.41) is 4.04. The van der Waals surface area contributed by atoms with E-state index in [2.05, 4.69) is 10.3 Å². The van der Waals surface area contributed by atoms with E-state index in [-0.39, 0.29) is 5.91 Å². The number of amides is 1. The Morgan fingerprint density at radius 2 is 2.17 bits per heavy atom. The van der Waals surface area contributed by atoms with Gasteiger partial charge >= 0.3 is 0 Å². The number of aromatic nitrogens is 2. The molecule has 1 fully saturated rings. The van der Waals surface area contributed by atoms with E-state index in [4.69, 9.17) is 0 Å². The zero-order valence-corrected chi connectivity index (χ0v) is 11.7. The Hall–Kier alpha value is -0.970. The van der Waals surface area contributed by atoms with Crippen LogP contribution in [0.4, 0.5) is 0 Å². The zero-order valence-electron chi connectivity index (χ0n) is 10.9. The van der Waals surface area contributed by atoms with Gasteiger partial charge < -0.3 is 9.88 Å². The maximum Gasteiger partial charge on any atom is 0.230 e. The van der Waals surface area contributed by atoms with Crippen LogP contribution in [0.1, 0.15) is 38.5 Å². The second-order valence-electron chi connectivity index (χ2n) is 4.87. The summed E-state index contributed by atoms with van der Waals surface area (Å²) in [6.07, 6.45) is 11.0. The van der Waals surface area contributed by atoms with Gasteiger partial charge in [0.2, 0.25) is 5.91 Å². The fourth-order valence-electron chi connectivity index (χ4n) is 2.31. The Kier molecular flexibility index (Phi) is 5.11. The minimum absolute atomic E-state index is 0.134. The summed E-state index contributed by atoms with van der Waals surface area (Å²) in [7, 11) is 1.94. The van der Waals surface area contributed by atoms with Gasteiger partial charge in [0.15, 0.2) is 5.16 Å². The van der Waals surface area contributed by atoms with Crippen molar-refractivity contribution in [3.8, 4) is 0 Å². The van der Waals surface area contributed by atoms with Crippen molar-refractivity contribution < 1.29 is 4.79 Å². The normalized spacial score (nSPS) is 17.4. The van der Waals surface area contributed by atoms with Gasteiger partial charge in [-0.3, -0.25) is 4.79 Å². The lowest BCUT2D eigenvalue weighted by Gasteiger charge is -2.15. The molecule has 0 unspecified atom stereocenters. The van der Waals surface area contributed by atoms with Crippen LogP contribution in [-0.4, -0.2) is 27.3 Å². The van der Waals surface area contributed by atoms with Gasteiger partial charge in [-0.2, -0.15) is 0 Å². The molecule has 1 aromatic rings. The van der Waals surface area contributed by atoms with E-state index < -0.39 is 0 Å². The minimum atomic E-state index is 0.134. The predicted octanol–water partition coefficient (Wildman–Crippen LogP) is 2.35. The molecule has 1 aliphatic carbocycles. The second kappa shape index (κ2) is 6.83. The summed E-state index contributed by atoms with van der Waals surface area (Å²) in [4.78, 5) is 16.1. The predicted molar refractivity (Wildman–Crippen MR) is 73.6 cm³/mol. The molecule has 1 aromatic heterocycles. The number of carbonyl (C=O) groups is 1. The van der Waals surface area contributed by atoms with Crippen LogP contribution in [0.3, 0.4) is 0 Å². The third-order valence-corrected chi connectivity index (χ3v) is 4.39. The number of carbonyl (C=O) groups excluding carboxylic acids is 1. The number of hydrogen-bond donors (Lipinski definition) is 1. The summed E-state index contributed by atoms with van der Waals surface area (Å²) in [5.74, 6) is 0.594. The Bertz CT molecular complexity index is 383. The van der Waals surface area contributed by atoms with Crippen molar-refractivity contribution >= 4 is 17.7 Å². The zero-order chi connectivity index (χ0) is 12.8. The summed E-state index contributed by atoms with van der Waals surface area (Å²) in [6.45, 7) is 0. The SMILES string of the molecule is Cn1ccnc1SCC(=O)NC1CCCCCC1. The molecule has 5 heteroatoms. The van der Waals surface area contributed by atoms with Gasteiger partial charge in [0.1, 0.15) is 0 Å². The summed E-state index contributed by atoms with van der Waals surface area (Å²) in [6, 6.07) is 0.391. The topological polar surface area (TPSA) is 46.9 Å². The molecule has 4 nitrogen and oxygen atoms in total. The lowest BCUT2D eigenvalue weighted by atomic mass is 10.1. The van der Waals surface area contributed by atoms with E-state index in [1.54, 1.807) is 6.20 Å². The number of imidazole rings is 1. The van der Waals surface area contributed by atoms with Gasteiger partial charge in [-0.25, -0.2) is 4.98 Å². The standard InChI is InChI=1S/C13H21N3OS/c1-16-9-8-14-13(16)18-10-12(17)15-11-6-4-2-3-5-7-11/h8-9,11H,2-7,10H2,1H3,(H,15,17). The van der Waals surface area contributed by atoms with Crippen molar-refractivity contribution in [2.24, 2.45) is 7.05 Å². The number of nitrogens with zero attached hydrogens (tertiary/aromatic N) is 2. The molecule has 0 bridgehead atoms. The van der Waals surface area contributed by atoms with Crippen LogP contribution in [-0.2, 0) is 11.8 Å². The van der Waals surface area contributed by atoms with Gasteiger partial charge in [0.25, 0.3) is 0 Å². The fourth-order valence-corrected chi connectivity index (χ4v) is 3.06. The van der Waals surface area contributed by atoms with Crippen LogP contribution in [0.15, 0.2) is 17.6 Å². The first-order valence-corrected chi connectivity index (χ1v) is 7.64. The number of nitrogens with one attached hydrogen (secondary N) is 1. The Balaban J connectivity index is 1.73. The van der Waals surface area contributed by atoms with Crippen molar-refractivity contribution in [1.29, 1.82) is 0 Å². The average molecular weight is 267 g/mol. The Morgan fingerprint density at radius 1 is 1.44 bits per heavy atom. The highest BCUT2D eigenvalue weighted by Crippen LogP contribution is 2.18. The molecule has 100 valence electrons. The molecule has 0 saturated heterocycles. The van der Waals surface area contributed by atoms with Crippen LogP contribution in [0, 0.1) is 0 Å². The maximum absolute atomic E-state index is 11.9. The largest absolute Gasteiger partial charge is 0.353 e. The third kappa shape index (κ3) is 4.05. The molecule has 0 spiro atoms. The Morgan fingerprint density at radius 3 is 2.78 bits per heavy atom. The van der Waals surface area contributed by atoms with E-state index in [0.717, 1.165) is 18.0 Å². The first-order chi connectivity index (χ1) is 8.75. The minimum Gasteiger partial charge on any atom is -0.353 e. The van der Waals surface area contributed by atoms with E-state index in [1.165, 1.54) is 37.4 Å². The van der Waals surface area contributed by atoms with Crippen molar-refractivity contribution in [3.05, 3.63) is 12.4 Å². The highest BCUT2D eigenvalue weighted by Gasteiger charge is 2.15. The van der Waals surface area contributed by atoms with Crippen LogP contribution in [0.5, 0.6) is 0 Å². The second-order valence-corrected chi connectivity index (χ2v) is 5.81. The molecule has 1 saturated carbocycles. The molecule has 2 rings (SSSR count). The molecule has 1 aliphatic rings. The van der Waals surface area contributed by atoms with Gasteiger partial charge in [-0.1, -0.05) is 37.4 Å². The quantitative estimate of drug-likeness (QED) is 0.673. The van der Waals surface area contributed by atoms with Gasteiger partial charge in [-0.05, 0) is 12.8 Å². The van der Waals surface area contributed by atoms with Crippen LogP contribution >= 0.6 is 11.8 Å². The smallest absolute Gasteiger partial charge is 0.230 e. The molecule has 0 radical (unpaired) electrons. The molecule has 0 atom stereocenters. The van der Waals surface area contributed by atoms with E-state index in [1.807, 2.05) is 17.8 Å². The number of aryl methyl sites for hydroxylation is 1. The molecular weight excluding hydrogens is 246 g/mol. The van der Waals surface area contributed by atoms with Gasteiger partial charge in [0.05, 0.1) is 5.75 Å². The van der Waals surface area contributed by atoms with Gasteiger partial charge in [-0.15, -0.1) is 0 Å². The van der Waals surface area contributed by atoms with E-state index >= 15 is 0 Å². The monoisotopic (exact) mass is 267 g/mol. The maximum atomic E-state index is 11.9. The summed E-state index contributed by atoms with van der Waals surface area (Å²) in [5.41, 5.74) is 0. The fraction of sp³-hybridized carbons (Fsp3) is 0.692. The summed E-state index contributed by atoms with van der Waals surface area (Å²) >= 11 is 1.50. The lowest BCUT2D eigenvalue weighted by molar-refractivity contribution is -0.119. The van der Waals surface area contributed by atoms with Crippen molar-refractivity contribution in [1.82, 2.24) is 14.9 Å². The number of thioether (sulfide) groups is 1. The third-order valence-electron chi connectivity index (χ3n) is 3.33. The Labute approximate surface area is 113 Å². The van der Waals surface area contributed by atoms with E-state index in [9.17, 15) is 4.79 Å². The highest BCUT2D eigenvalue weighted by molar-refractivity contribution is 7.99. The lowest BCUT2D eigenvalue weighted by Crippen LogP contribution is -2.35. The van der Waals surface area contributed by atoms with E-state index in [0.29, 0.717) is 11.8 Å². The molecule has 0 aliphatic heterocycles. The molecule has 1 amide bonds. The molecule has 0 aromatic carbocycles. The van der Waals surface area contributed by atoms with Crippen molar-refractivity contribution in [2.75, 3.05) is 5.75 Å². The first kappa shape index (κ1) is 13.5. The number of rotatable bonds is 4. The average Bonchev–Trinajstić information content (AvgIpc) is 2.61. The molecule has 1 N–H and O–H groups in total. The van der Waals surface area contributed by atoms with Crippen LogP contribution in [0.25, 0.3) is 0 Å². The van der Waals surface area contributed by atoms with Crippen molar-refractivity contribution in [2.45, 2.75) is 49.7 Å². The number of hydrogen-bond acceptors (Lipinski definition) is 3. The molecular formula is C13H21N3OS. The van der Waals surface area contributed by atoms with Crippen LogP contribution in [0.2, 0.25) is 0 Å². The first-order valence-electron chi connectivity index (χ1n) is 6.65. The highest BCUT2D eigenvalue weighted by atomic mass is 32.2.